The minimum Gasteiger partial charge on any atom is -0.459 e. The number of ether oxygens (including phenoxy) is 10. The van der Waals surface area contributed by atoms with Crippen LogP contribution in [0.4, 0.5) is 0 Å². The summed E-state index contributed by atoms with van der Waals surface area (Å²) in [6.07, 6.45) is -12.3. The van der Waals surface area contributed by atoms with Crippen molar-refractivity contribution in [3.63, 3.8) is 0 Å². The molecule has 0 bridgehead atoms. The topological polar surface area (TPSA) is 178 Å². The first kappa shape index (κ1) is 47.9. The second kappa shape index (κ2) is 23.5. The normalized spacial score (nSPS) is 22.9. The van der Waals surface area contributed by atoms with Gasteiger partial charge in [-0.25, -0.2) is 24.0 Å². The van der Waals surface area contributed by atoms with Gasteiger partial charge in [0.15, 0.2) is 37.0 Å². The Labute approximate surface area is 397 Å². The fraction of sp³-hybridized carbons (Fsp3) is 0.241. The van der Waals surface area contributed by atoms with E-state index in [0.717, 1.165) is 5.56 Å². The number of methoxy groups -OCH3 is 1. The Morgan fingerprint density at radius 2 is 0.725 bits per heavy atom. The molecular formula is C54H48O15. The Hall–Kier alpha value is -7.53. The van der Waals surface area contributed by atoms with E-state index in [1.54, 1.807) is 127 Å². The zero-order valence-electron chi connectivity index (χ0n) is 37.3. The number of carbonyl (C=O) groups is 5. The van der Waals surface area contributed by atoms with E-state index in [-0.39, 0.29) is 41.0 Å². The number of carbonyl (C=O) groups excluding carboxylic acids is 5. The maximum atomic E-state index is 14.0. The van der Waals surface area contributed by atoms with Gasteiger partial charge in [-0.15, -0.1) is 0 Å². The quantitative estimate of drug-likeness (QED) is 0.0613. The molecule has 2 aliphatic heterocycles. The molecule has 8 rings (SSSR count). The number of hydrogen-bond acceptors (Lipinski definition) is 15. The van der Waals surface area contributed by atoms with Gasteiger partial charge in [0.1, 0.15) is 24.9 Å². The highest BCUT2D eigenvalue weighted by Gasteiger charge is 2.55. The van der Waals surface area contributed by atoms with Gasteiger partial charge >= 0.3 is 29.8 Å². The summed E-state index contributed by atoms with van der Waals surface area (Å²) in [6, 6.07) is 50.2. The molecule has 6 aromatic rings. The average molecular weight is 937 g/mol. The smallest absolute Gasteiger partial charge is 0.338 e. The highest BCUT2D eigenvalue weighted by Crippen LogP contribution is 2.34. The number of benzene rings is 6. The van der Waals surface area contributed by atoms with E-state index in [1.807, 2.05) is 30.3 Å². The molecule has 0 unspecified atom stereocenters. The monoisotopic (exact) mass is 936 g/mol. The molecule has 6 aromatic carbocycles. The molecule has 0 aliphatic carbocycles. The van der Waals surface area contributed by atoms with Crippen molar-refractivity contribution in [1.29, 1.82) is 0 Å². The minimum absolute atomic E-state index is 0.0135. The summed E-state index contributed by atoms with van der Waals surface area (Å²) in [6.45, 7) is -0.850. The third-order valence-corrected chi connectivity index (χ3v) is 11.2. The highest BCUT2D eigenvalue weighted by molar-refractivity contribution is 5.92. The lowest BCUT2D eigenvalue weighted by molar-refractivity contribution is -0.302. The molecule has 0 radical (unpaired) electrons. The van der Waals surface area contributed by atoms with E-state index >= 15 is 0 Å². The van der Waals surface area contributed by atoms with E-state index in [2.05, 4.69) is 0 Å². The summed E-state index contributed by atoms with van der Waals surface area (Å²) in [4.78, 5) is 68.6. The highest BCUT2D eigenvalue weighted by atomic mass is 16.8. The van der Waals surface area contributed by atoms with Crippen molar-refractivity contribution >= 4 is 29.8 Å². The molecule has 0 saturated carbocycles. The molecule has 2 fully saturated rings. The first-order valence-electron chi connectivity index (χ1n) is 22.1. The Bertz CT molecular complexity index is 2600. The summed E-state index contributed by atoms with van der Waals surface area (Å²) in [7, 11) is 1.30. The molecule has 15 nitrogen and oxygen atoms in total. The van der Waals surface area contributed by atoms with Gasteiger partial charge in [-0.3, -0.25) is 0 Å². The van der Waals surface area contributed by atoms with Gasteiger partial charge in [0.05, 0.1) is 41.0 Å². The van der Waals surface area contributed by atoms with Gasteiger partial charge in [0, 0.05) is 7.11 Å². The van der Waals surface area contributed by atoms with E-state index in [1.165, 1.54) is 31.4 Å². The third kappa shape index (κ3) is 12.3. The van der Waals surface area contributed by atoms with Gasteiger partial charge in [0.25, 0.3) is 0 Å². The second-order valence-electron chi connectivity index (χ2n) is 15.8. The predicted molar refractivity (Wildman–Crippen MR) is 245 cm³/mol. The van der Waals surface area contributed by atoms with E-state index in [9.17, 15) is 24.0 Å². The average Bonchev–Trinajstić information content (AvgIpc) is 3.73. The van der Waals surface area contributed by atoms with Crippen molar-refractivity contribution in [2.75, 3.05) is 20.3 Å². The van der Waals surface area contributed by atoms with Crippen LogP contribution in [0.15, 0.2) is 182 Å². The zero-order chi connectivity index (χ0) is 48.0. The van der Waals surface area contributed by atoms with Crippen LogP contribution in [0.25, 0.3) is 0 Å². The van der Waals surface area contributed by atoms with Crippen LogP contribution in [0, 0.1) is 0 Å². The van der Waals surface area contributed by atoms with E-state index in [0.29, 0.717) is 0 Å². The molecule has 354 valence electrons. The van der Waals surface area contributed by atoms with Gasteiger partial charge in [-0.05, 0) is 66.2 Å². The molecule has 0 spiro atoms. The van der Waals surface area contributed by atoms with Gasteiger partial charge in [0.2, 0.25) is 0 Å². The van der Waals surface area contributed by atoms with Gasteiger partial charge in [-0.1, -0.05) is 121 Å². The van der Waals surface area contributed by atoms with Crippen LogP contribution in [-0.2, 0) is 54.0 Å². The first-order chi connectivity index (χ1) is 33.7. The second-order valence-corrected chi connectivity index (χ2v) is 15.8. The summed E-state index contributed by atoms with van der Waals surface area (Å²) < 4.78 is 61.9. The van der Waals surface area contributed by atoms with Crippen molar-refractivity contribution in [2.24, 2.45) is 0 Å². The van der Waals surface area contributed by atoms with Crippen LogP contribution in [-0.4, -0.2) is 105 Å². The first-order valence-corrected chi connectivity index (χ1v) is 22.1. The van der Waals surface area contributed by atoms with Crippen molar-refractivity contribution < 1.29 is 71.3 Å². The lowest BCUT2D eigenvalue weighted by atomic mass is 9.97. The maximum Gasteiger partial charge on any atom is 0.338 e. The van der Waals surface area contributed by atoms with Crippen LogP contribution < -0.4 is 0 Å². The molecule has 9 atom stereocenters. The van der Waals surface area contributed by atoms with Crippen LogP contribution >= 0.6 is 0 Å². The summed E-state index contributed by atoms with van der Waals surface area (Å²) in [5.74, 6) is -3.82. The fourth-order valence-electron chi connectivity index (χ4n) is 7.72. The Morgan fingerprint density at radius 1 is 0.377 bits per heavy atom. The third-order valence-electron chi connectivity index (χ3n) is 11.2. The Morgan fingerprint density at radius 3 is 1.16 bits per heavy atom. The summed E-state index contributed by atoms with van der Waals surface area (Å²) >= 11 is 0. The number of rotatable bonds is 18. The van der Waals surface area contributed by atoms with Crippen LogP contribution in [0.5, 0.6) is 0 Å². The largest absolute Gasteiger partial charge is 0.459 e. The molecular weight excluding hydrogens is 889 g/mol. The lowest BCUT2D eigenvalue weighted by Gasteiger charge is -2.44. The molecule has 2 saturated heterocycles. The van der Waals surface area contributed by atoms with E-state index in [4.69, 9.17) is 47.4 Å². The SMILES string of the molecule is CO[C@H]1O[C@H](CO[C@@H]2O[C@H](COC(=O)c3ccccc3)[C@@H](OC(=O)c3ccccc3)[C@@H]2OCc2ccccc2)[C@@H](OC(=O)c2ccccc2)[C@H](OC(=O)c2ccccc2)[C@@H]1OC(=O)c1ccccc1. The van der Waals surface area contributed by atoms with Crippen LogP contribution in [0.1, 0.15) is 57.4 Å². The fourth-order valence-corrected chi connectivity index (χ4v) is 7.72. The van der Waals surface area contributed by atoms with Crippen molar-refractivity contribution in [3.8, 4) is 0 Å². The lowest BCUT2D eigenvalue weighted by Crippen LogP contribution is -2.63. The molecule has 0 amide bonds. The van der Waals surface area contributed by atoms with Crippen LogP contribution in [0.3, 0.4) is 0 Å². The molecule has 2 aliphatic rings. The molecule has 0 N–H and O–H groups in total. The standard InChI is InChI=1S/C54H48O15/c1-60-53-47(69-52(59)40-30-18-7-19-31-40)45(68-51(58)39-28-16-6-17-29-39)43(66-49(56)37-24-12-4-13-25-37)42(64-53)34-63-54-46(61-32-35-20-8-2-9-21-35)44(67-50(57)38-26-14-5-15-27-38)41(65-54)33-62-48(55)36-22-10-3-11-23-36/h2-31,41-47,53-54H,32-34H2,1H3/t41-,42-,43-,44-,45+,46+,47+,53+,54-/m1/s1. The zero-order valence-corrected chi connectivity index (χ0v) is 37.3. The minimum atomic E-state index is -1.57. The summed E-state index contributed by atoms with van der Waals surface area (Å²) in [5.41, 5.74) is 1.78. The van der Waals surface area contributed by atoms with Gasteiger partial charge in [-0.2, -0.15) is 0 Å². The van der Waals surface area contributed by atoms with Gasteiger partial charge < -0.3 is 47.4 Å². The van der Waals surface area contributed by atoms with Crippen molar-refractivity contribution in [2.45, 2.75) is 61.9 Å². The van der Waals surface area contributed by atoms with Crippen molar-refractivity contribution in [1.82, 2.24) is 0 Å². The molecule has 69 heavy (non-hydrogen) atoms. The van der Waals surface area contributed by atoms with E-state index < -0.39 is 91.8 Å². The summed E-state index contributed by atoms with van der Waals surface area (Å²) in [5, 5.41) is 0. The molecule has 0 aromatic heterocycles. The Kier molecular flexibility index (Phi) is 16.3. The predicted octanol–water partition coefficient (Wildman–Crippen LogP) is 7.44. The molecule has 15 heteroatoms. The van der Waals surface area contributed by atoms with Crippen molar-refractivity contribution in [3.05, 3.63) is 215 Å². The molecule has 2 heterocycles. The Balaban J connectivity index is 1.13. The van der Waals surface area contributed by atoms with Crippen LogP contribution in [0.2, 0.25) is 0 Å². The maximum absolute atomic E-state index is 14.0. The number of esters is 5. The number of hydrogen-bond donors (Lipinski definition) is 0.